The Morgan fingerprint density at radius 1 is 0.897 bits per heavy atom. The highest BCUT2D eigenvalue weighted by Crippen LogP contribution is 2.22. The summed E-state index contributed by atoms with van der Waals surface area (Å²) >= 11 is 0. The van der Waals surface area contributed by atoms with Crippen molar-refractivity contribution < 1.29 is 19.3 Å². The molecule has 1 aliphatic carbocycles. The minimum atomic E-state index is -0.682. The van der Waals surface area contributed by atoms with Crippen molar-refractivity contribution in [2.45, 2.75) is 38.5 Å². The van der Waals surface area contributed by atoms with Crippen molar-refractivity contribution in [2.24, 2.45) is 0 Å². The Kier molecular flexibility index (Phi) is 5.90. The third-order valence-electron chi connectivity index (χ3n) is 6.09. The first-order valence-electron chi connectivity index (χ1n) is 10.6. The van der Waals surface area contributed by atoms with Gasteiger partial charge in [-0.3, -0.25) is 14.5 Å². The maximum absolute atomic E-state index is 12.7. The van der Waals surface area contributed by atoms with E-state index < -0.39 is 17.8 Å². The number of imide groups is 2. The van der Waals surface area contributed by atoms with Crippen molar-refractivity contribution >= 4 is 23.4 Å². The van der Waals surface area contributed by atoms with Crippen LogP contribution in [0.15, 0.2) is 48.1 Å². The van der Waals surface area contributed by atoms with Gasteiger partial charge < -0.3 is 4.90 Å². The Balaban J connectivity index is 1.35. The number of amides is 4. The van der Waals surface area contributed by atoms with Gasteiger partial charge in [-0.15, -0.1) is 0 Å². The van der Waals surface area contributed by atoms with E-state index in [1.165, 1.54) is 23.1 Å². The van der Waals surface area contributed by atoms with Gasteiger partial charge in [0.25, 0.3) is 0 Å². The van der Waals surface area contributed by atoms with E-state index in [0.717, 1.165) is 53.5 Å². The van der Waals surface area contributed by atoms with Crippen molar-refractivity contribution in [3.05, 3.63) is 53.6 Å². The Morgan fingerprint density at radius 3 is 2.38 bits per heavy atom. The molecule has 1 unspecified atom stereocenters. The minimum Gasteiger partial charge on any atom is -0.314 e. The lowest BCUT2D eigenvalue weighted by atomic mass is 9.97. The van der Waals surface area contributed by atoms with Crippen LogP contribution in [0.2, 0.25) is 0 Å². The second-order valence-corrected chi connectivity index (χ2v) is 8.04. The van der Waals surface area contributed by atoms with Crippen LogP contribution in [0.5, 0.6) is 0 Å². The fourth-order valence-corrected chi connectivity index (χ4v) is 4.34. The van der Waals surface area contributed by atoms with Crippen LogP contribution in [0, 0.1) is 0 Å². The topological polar surface area (TPSA) is 62.1 Å². The Hall–Kier alpha value is -2.73. The molecule has 2 heterocycles. The lowest BCUT2D eigenvalue weighted by Crippen LogP contribution is -3.14. The molecule has 1 fully saturated rings. The second kappa shape index (κ2) is 8.74. The summed E-state index contributed by atoms with van der Waals surface area (Å²) in [6.45, 7) is 2.13. The number of urea groups is 1. The van der Waals surface area contributed by atoms with Crippen LogP contribution >= 0.6 is 0 Å². The molecular weight excluding hydrogens is 366 g/mol. The summed E-state index contributed by atoms with van der Waals surface area (Å²) in [6.07, 6.45) is 10.4. The van der Waals surface area contributed by atoms with E-state index in [1.807, 2.05) is 18.2 Å². The zero-order valence-electron chi connectivity index (χ0n) is 16.7. The van der Waals surface area contributed by atoms with Gasteiger partial charge >= 0.3 is 17.8 Å². The Morgan fingerprint density at radius 2 is 1.69 bits per heavy atom. The SMILES string of the molecule is O=C1C(=O)N(C[NH+]2CC=C(c3ccccc3)CC2)C(=O)N1CCC1=CCCCC1. The highest BCUT2D eigenvalue weighted by atomic mass is 16.2. The van der Waals surface area contributed by atoms with Crippen molar-refractivity contribution in [1.29, 1.82) is 0 Å². The Bertz CT molecular complexity index is 859. The molecule has 0 aromatic heterocycles. The number of carbonyl (C=O) groups is 3. The van der Waals surface area contributed by atoms with Crippen LogP contribution in [0.3, 0.4) is 0 Å². The summed E-state index contributed by atoms with van der Waals surface area (Å²) in [6, 6.07) is 9.80. The summed E-state index contributed by atoms with van der Waals surface area (Å²) in [7, 11) is 0. The zero-order chi connectivity index (χ0) is 20.2. The molecule has 0 spiro atoms. The van der Waals surface area contributed by atoms with E-state index in [0.29, 0.717) is 13.0 Å². The van der Waals surface area contributed by atoms with Crippen molar-refractivity contribution in [3.8, 4) is 0 Å². The van der Waals surface area contributed by atoms with Crippen molar-refractivity contribution in [2.75, 3.05) is 26.3 Å². The fraction of sp³-hybridized carbons (Fsp3) is 0.435. The number of rotatable bonds is 6. The maximum atomic E-state index is 12.7. The predicted octanol–water partition coefficient (Wildman–Crippen LogP) is 2.00. The molecule has 1 N–H and O–H groups in total. The van der Waals surface area contributed by atoms with Crippen LogP contribution in [0.4, 0.5) is 4.79 Å². The lowest BCUT2D eigenvalue weighted by molar-refractivity contribution is -0.902. The molecule has 1 saturated heterocycles. The fourth-order valence-electron chi connectivity index (χ4n) is 4.34. The van der Waals surface area contributed by atoms with Crippen LogP contribution in [0.25, 0.3) is 5.57 Å². The molecule has 1 atom stereocenters. The number of hydrogen-bond acceptors (Lipinski definition) is 3. The summed E-state index contributed by atoms with van der Waals surface area (Å²) in [5.74, 6) is -1.36. The first-order valence-corrected chi connectivity index (χ1v) is 10.6. The summed E-state index contributed by atoms with van der Waals surface area (Å²) in [4.78, 5) is 40.9. The van der Waals surface area contributed by atoms with E-state index in [-0.39, 0.29) is 6.67 Å². The molecule has 0 bridgehead atoms. The van der Waals surface area contributed by atoms with E-state index in [2.05, 4.69) is 24.3 Å². The van der Waals surface area contributed by atoms with E-state index in [1.54, 1.807) is 0 Å². The van der Waals surface area contributed by atoms with Gasteiger partial charge in [-0.2, -0.15) is 0 Å². The molecular formula is C23H28N3O3+. The third-order valence-corrected chi connectivity index (χ3v) is 6.09. The van der Waals surface area contributed by atoms with Gasteiger partial charge in [0.15, 0.2) is 6.67 Å². The highest BCUT2D eigenvalue weighted by Gasteiger charge is 2.45. The van der Waals surface area contributed by atoms with E-state index in [9.17, 15) is 14.4 Å². The molecule has 6 nitrogen and oxygen atoms in total. The van der Waals surface area contributed by atoms with Crippen molar-refractivity contribution in [3.63, 3.8) is 0 Å². The quantitative estimate of drug-likeness (QED) is 0.456. The molecule has 0 radical (unpaired) electrons. The van der Waals surface area contributed by atoms with Gasteiger partial charge in [0, 0.05) is 13.0 Å². The van der Waals surface area contributed by atoms with Gasteiger partial charge in [-0.1, -0.05) is 42.0 Å². The van der Waals surface area contributed by atoms with Crippen molar-refractivity contribution in [1.82, 2.24) is 9.80 Å². The molecule has 1 aromatic rings. The van der Waals surface area contributed by atoms with Gasteiger partial charge in [0.05, 0.1) is 13.1 Å². The highest BCUT2D eigenvalue weighted by molar-refractivity contribution is 6.44. The average molecular weight is 394 g/mol. The average Bonchev–Trinajstić information content (AvgIpc) is 2.97. The second-order valence-electron chi connectivity index (χ2n) is 8.04. The number of nitrogens with zero attached hydrogens (tertiary/aromatic N) is 2. The number of benzene rings is 1. The summed E-state index contributed by atoms with van der Waals surface area (Å²) in [5.41, 5.74) is 3.81. The Labute approximate surface area is 171 Å². The van der Waals surface area contributed by atoms with Gasteiger partial charge in [-0.25, -0.2) is 9.69 Å². The number of quaternary nitrogens is 1. The number of allylic oxidation sites excluding steroid dienone is 1. The number of nitrogens with one attached hydrogen (secondary N) is 1. The summed E-state index contributed by atoms with van der Waals surface area (Å²) in [5, 5.41) is 0. The molecule has 152 valence electrons. The normalized spacial score (nSPS) is 22.8. The molecule has 29 heavy (non-hydrogen) atoms. The number of carbonyl (C=O) groups excluding carboxylic acids is 3. The molecule has 4 amide bonds. The third kappa shape index (κ3) is 4.32. The van der Waals surface area contributed by atoms with Crippen LogP contribution in [-0.4, -0.2) is 53.9 Å². The first kappa shape index (κ1) is 19.6. The molecule has 0 saturated carbocycles. The standard InChI is InChI=1S/C23H27N3O3/c27-21-22(28)26(23(29)25(21)16-11-18-7-3-1-4-8-18)17-24-14-12-20(13-15-24)19-9-5-2-6-10-19/h2,5-7,9-10,12H,1,3-4,8,11,13-17H2/p+1. The monoisotopic (exact) mass is 394 g/mol. The predicted molar refractivity (Wildman–Crippen MR) is 110 cm³/mol. The summed E-state index contributed by atoms with van der Waals surface area (Å²) < 4.78 is 0. The first-order chi connectivity index (χ1) is 14.1. The molecule has 1 aromatic carbocycles. The zero-order valence-corrected chi connectivity index (χ0v) is 16.7. The number of hydrogen-bond donors (Lipinski definition) is 1. The maximum Gasteiger partial charge on any atom is 0.338 e. The smallest absolute Gasteiger partial charge is 0.314 e. The largest absolute Gasteiger partial charge is 0.338 e. The lowest BCUT2D eigenvalue weighted by Gasteiger charge is -2.26. The molecule has 4 rings (SSSR count). The van der Waals surface area contributed by atoms with Crippen LogP contribution in [0.1, 0.15) is 44.1 Å². The van der Waals surface area contributed by atoms with Gasteiger partial charge in [-0.05, 0) is 49.3 Å². The van der Waals surface area contributed by atoms with Gasteiger partial charge in [0.1, 0.15) is 0 Å². The van der Waals surface area contributed by atoms with Gasteiger partial charge in [0.2, 0.25) is 0 Å². The minimum absolute atomic E-state index is 0.251. The molecule has 3 aliphatic rings. The molecule has 6 heteroatoms. The van der Waals surface area contributed by atoms with E-state index >= 15 is 0 Å². The molecule has 2 aliphatic heterocycles. The van der Waals surface area contributed by atoms with Crippen LogP contribution < -0.4 is 4.90 Å². The van der Waals surface area contributed by atoms with Crippen LogP contribution in [-0.2, 0) is 9.59 Å². The van der Waals surface area contributed by atoms with E-state index in [4.69, 9.17) is 0 Å².